The van der Waals surface area contributed by atoms with Gasteiger partial charge in [-0.2, -0.15) is 4.57 Å². The summed E-state index contributed by atoms with van der Waals surface area (Å²) in [6, 6.07) is 2.51. The molecule has 17 heteroatoms. The van der Waals surface area contributed by atoms with Crippen LogP contribution in [0.25, 0.3) is 0 Å². The first-order chi connectivity index (χ1) is 18.7. The summed E-state index contributed by atoms with van der Waals surface area (Å²) in [5, 5.41) is 26.4. The number of thiazole rings is 1. The van der Waals surface area contributed by atoms with Crippen LogP contribution in [-0.4, -0.2) is 79.1 Å². The van der Waals surface area contributed by atoms with Gasteiger partial charge in [0.1, 0.15) is 29.4 Å². The number of nitrogens with two attached hydrogens (primary N) is 1. The molecule has 2 atom stereocenters. The maximum atomic E-state index is 13.0. The Labute approximate surface area is 264 Å². The summed E-state index contributed by atoms with van der Waals surface area (Å²) in [6.07, 6.45) is 4.70. The molecule has 2 aliphatic heterocycles. The van der Waals surface area contributed by atoms with Crippen molar-refractivity contribution < 1.29 is 69.8 Å². The SMILES string of the molecule is C=CCO/N=C(\C(=O)N[C@@H]1C(=O)N2C(C(=O)O)=C(CSc3cc[n+](CC(=O)O)cc3)CS[C@H]12)c1csc(N)n1.[H-].[Na+]. The van der Waals surface area contributed by atoms with Gasteiger partial charge < -0.3 is 27.5 Å². The quantitative estimate of drug-likeness (QED) is 0.0293. The molecule has 1 fully saturated rings. The number of carboxylic acid groups (broad SMARTS) is 2. The van der Waals surface area contributed by atoms with Crippen molar-refractivity contribution in [2.75, 3.05) is 23.8 Å². The Morgan fingerprint density at radius 1 is 1.38 bits per heavy atom. The summed E-state index contributed by atoms with van der Waals surface area (Å²) in [6.45, 7) is 3.40. The van der Waals surface area contributed by atoms with Gasteiger partial charge in [-0.1, -0.05) is 17.8 Å². The maximum absolute atomic E-state index is 13.0. The molecule has 2 aromatic rings. The fourth-order valence-electron chi connectivity index (χ4n) is 3.73. The number of anilines is 1. The molecule has 0 saturated carbocycles. The van der Waals surface area contributed by atoms with Crippen LogP contribution < -0.4 is 45.2 Å². The van der Waals surface area contributed by atoms with Crippen LogP contribution in [0.5, 0.6) is 0 Å². The summed E-state index contributed by atoms with van der Waals surface area (Å²) in [7, 11) is 0. The van der Waals surface area contributed by atoms with Gasteiger partial charge in [-0.15, -0.1) is 34.9 Å². The first-order valence-electron chi connectivity index (χ1n) is 11.3. The largest absolute Gasteiger partial charge is 1.00 e. The second-order valence-corrected chi connectivity index (χ2v) is 11.1. The van der Waals surface area contributed by atoms with Gasteiger partial charge in [0.25, 0.3) is 11.8 Å². The molecule has 4 rings (SSSR count). The number of fused-ring (bicyclic) bond motifs is 1. The van der Waals surface area contributed by atoms with Crippen LogP contribution in [0.4, 0.5) is 5.13 Å². The van der Waals surface area contributed by atoms with Crippen molar-refractivity contribution in [2.45, 2.75) is 22.9 Å². The van der Waals surface area contributed by atoms with E-state index in [1.807, 2.05) is 0 Å². The Bertz CT molecular complexity index is 1390. The summed E-state index contributed by atoms with van der Waals surface area (Å²) in [5.74, 6) is -2.81. The Balaban J connectivity index is 0.00000294. The van der Waals surface area contributed by atoms with Crippen LogP contribution >= 0.6 is 34.9 Å². The van der Waals surface area contributed by atoms with Gasteiger partial charge >= 0.3 is 41.5 Å². The standard InChI is InChI=1S/C23H22N6O7S3.Na.H/c1-2-7-36-27-16(14-11-39-23(24)25-14)19(32)26-17-20(33)29-18(22(34)35)12(10-38-21(17)29)9-37-13-3-5-28(6-4-13)8-15(30)31;;/h2-6,11,17,21H,1,7-10H2,(H4-,24,25,26,30,31,32,34,35);;/q;+1;-1/p+1/b27-16-;;/t17-,21-;;/m1../s1. The van der Waals surface area contributed by atoms with Crippen molar-refractivity contribution in [3.8, 4) is 0 Å². The molecule has 5 N–H and O–H groups in total. The van der Waals surface area contributed by atoms with E-state index in [0.29, 0.717) is 17.1 Å². The van der Waals surface area contributed by atoms with Crippen molar-refractivity contribution in [3.63, 3.8) is 0 Å². The number of carbonyl (C=O) groups excluding carboxylic acids is 2. The average molecular weight is 616 g/mol. The zero-order chi connectivity index (χ0) is 28.1. The molecule has 0 unspecified atom stereocenters. The number of aliphatic carboxylic acids is 2. The first kappa shape index (κ1) is 31.6. The predicted molar refractivity (Wildman–Crippen MR) is 145 cm³/mol. The number of pyridine rings is 1. The summed E-state index contributed by atoms with van der Waals surface area (Å²) in [4.78, 5) is 60.2. The zero-order valence-corrected chi connectivity index (χ0v) is 25.6. The third kappa shape index (κ3) is 7.24. The van der Waals surface area contributed by atoms with E-state index < -0.39 is 35.2 Å². The fraction of sp³-hybridized carbons (Fsp3) is 0.261. The average Bonchev–Trinajstić information content (AvgIpc) is 3.33. The number of nitrogens with zero attached hydrogens (tertiary/aromatic N) is 4. The number of thioether (sulfide) groups is 2. The minimum atomic E-state index is -1.24. The molecule has 0 aliphatic carbocycles. The summed E-state index contributed by atoms with van der Waals surface area (Å²) >= 11 is 3.82. The van der Waals surface area contributed by atoms with Gasteiger partial charge in [0.05, 0.1) is 0 Å². The molecule has 206 valence electrons. The van der Waals surface area contributed by atoms with Crippen LogP contribution in [0.3, 0.4) is 0 Å². The van der Waals surface area contributed by atoms with E-state index >= 15 is 0 Å². The van der Waals surface area contributed by atoms with Crippen molar-refractivity contribution in [1.82, 2.24) is 15.2 Å². The number of carbonyl (C=O) groups is 4. The van der Waals surface area contributed by atoms with Crippen LogP contribution in [-0.2, 0) is 30.6 Å². The van der Waals surface area contributed by atoms with Gasteiger partial charge in [-0.3, -0.25) is 14.5 Å². The first-order valence-corrected chi connectivity index (χ1v) is 14.2. The molecule has 2 amide bonds. The predicted octanol–water partition coefficient (Wildman–Crippen LogP) is -2.35. The van der Waals surface area contributed by atoms with E-state index in [1.165, 1.54) is 44.4 Å². The molecule has 4 heterocycles. The van der Waals surface area contributed by atoms with Crippen molar-refractivity contribution in [2.24, 2.45) is 5.16 Å². The fourth-order valence-corrected chi connectivity index (χ4v) is 6.65. The minimum Gasteiger partial charge on any atom is -1.00 e. The third-order valence-electron chi connectivity index (χ3n) is 5.46. The van der Waals surface area contributed by atoms with Crippen molar-refractivity contribution in [1.29, 1.82) is 0 Å². The number of nitrogen functional groups attached to an aromatic ring is 1. The minimum absolute atomic E-state index is 0. The molecule has 2 aromatic heterocycles. The van der Waals surface area contributed by atoms with E-state index in [2.05, 4.69) is 22.0 Å². The Kier molecular flexibility index (Phi) is 11.2. The van der Waals surface area contributed by atoms with Crippen LogP contribution in [0.2, 0.25) is 0 Å². The Hall–Kier alpha value is -2.89. The number of hydrogen-bond acceptors (Lipinski definition) is 11. The topological polar surface area (TPSA) is 188 Å². The van der Waals surface area contributed by atoms with Crippen LogP contribution in [0, 0.1) is 0 Å². The normalized spacial score (nSPS) is 18.2. The van der Waals surface area contributed by atoms with E-state index in [0.717, 1.165) is 16.2 Å². The molecule has 40 heavy (non-hydrogen) atoms. The molecule has 0 spiro atoms. The number of oxime groups is 1. The summed E-state index contributed by atoms with van der Waals surface area (Å²) < 4.78 is 1.51. The number of rotatable bonds is 12. The van der Waals surface area contributed by atoms with Gasteiger partial charge in [-0.05, 0) is 5.57 Å². The van der Waals surface area contributed by atoms with E-state index in [-0.39, 0.29) is 66.4 Å². The number of aromatic nitrogens is 2. The number of nitrogens with one attached hydrogen (secondary N) is 1. The second kappa shape index (κ2) is 14.1. The molecular weight excluding hydrogens is 591 g/mol. The summed E-state index contributed by atoms with van der Waals surface area (Å²) in [5.41, 5.74) is 6.14. The maximum Gasteiger partial charge on any atom is 1.00 e. The zero-order valence-electron chi connectivity index (χ0n) is 22.2. The van der Waals surface area contributed by atoms with Crippen molar-refractivity contribution >= 4 is 69.5 Å². The molecular formula is C23H24N6NaO7S3+. The smallest absolute Gasteiger partial charge is 1.00 e. The molecule has 0 bridgehead atoms. The monoisotopic (exact) mass is 615 g/mol. The van der Waals surface area contributed by atoms with E-state index in [9.17, 15) is 24.3 Å². The molecule has 13 nitrogen and oxygen atoms in total. The molecule has 0 radical (unpaired) electrons. The van der Waals surface area contributed by atoms with E-state index in [1.54, 1.807) is 24.5 Å². The van der Waals surface area contributed by atoms with Gasteiger partial charge in [-0.25, -0.2) is 14.6 Å². The second-order valence-electron chi connectivity index (χ2n) is 8.10. The van der Waals surface area contributed by atoms with Gasteiger partial charge in [0.15, 0.2) is 23.2 Å². The Morgan fingerprint density at radius 3 is 2.70 bits per heavy atom. The van der Waals surface area contributed by atoms with E-state index in [4.69, 9.17) is 15.7 Å². The van der Waals surface area contributed by atoms with Crippen LogP contribution in [0.15, 0.2) is 63.9 Å². The van der Waals surface area contributed by atoms with Gasteiger partial charge in [0.2, 0.25) is 6.54 Å². The molecule has 1 saturated heterocycles. The molecule has 0 aromatic carbocycles. The number of carboxylic acids is 2. The van der Waals surface area contributed by atoms with Crippen LogP contribution in [0.1, 0.15) is 7.12 Å². The number of amides is 2. The molecule has 2 aliphatic rings. The third-order valence-corrected chi connectivity index (χ3v) is 8.57. The number of hydrogen-bond donors (Lipinski definition) is 4. The van der Waals surface area contributed by atoms with Crippen molar-refractivity contribution in [3.05, 3.63) is 59.5 Å². The Morgan fingerprint density at radius 2 is 2.10 bits per heavy atom. The van der Waals surface area contributed by atoms with Gasteiger partial charge in [0, 0.05) is 33.9 Å². The number of β-lactam (4-membered cyclic amide) rings is 1.